The van der Waals surface area contributed by atoms with Gasteiger partial charge in [0.05, 0.1) is 0 Å². The number of hydrogen-bond acceptors (Lipinski definition) is 5. The Labute approximate surface area is 229 Å². The fourth-order valence-electron chi connectivity index (χ4n) is 4.13. The van der Waals surface area contributed by atoms with Crippen molar-refractivity contribution in [3.05, 3.63) is 72.3 Å². The number of alkyl carbamates (subject to hydrolysis) is 1. The molecule has 0 saturated heterocycles. The molecule has 8 nitrogen and oxygen atoms in total. The highest BCUT2D eigenvalue weighted by Gasteiger charge is 2.38. The number of nitrogens with zero attached hydrogens (tertiary/aromatic N) is 1. The van der Waals surface area contributed by atoms with Crippen LogP contribution in [-0.4, -0.2) is 39.6 Å². The van der Waals surface area contributed by atoms with Crippen molar-refractivity contribution in [3.63, 3.8) is 0 Å². The van der Waals surface area contributed by atoms with Crippen LogP contribution in [0.1, 0.15) is 52.6 Å². The number of para-hydroxylation sites is 1. The third kappa shape index (κ3) is 7.29. The molecule has 0 saturated carbocycles. The summed E-state index contributed by atoms with van der Waals surface area (Å²) < 4.78 is 5.36. The van der Waals surface area contributed by atoms with Crippen LogP contribution < -0.4 is 10.6 Å². The Hall–Kier alpha value is -4.51. The molecule has 0 aliphatic carbocycles. The largest absolute Gasteiger partial charge is 0.508 e. The van der Waals surface area contributed by atoms with Gasteiger partial charge in [0.2, 0.25) is 0 Å². The third-order valence-electron chi connectivity index (χ3n) is 6.28. The summed E-state index contributed by atoms with van der Waals surface area (Å²) in [5.41, 5.74) is -0.145. The lowest BCUT2D eigenvalue weighted by Gasteiger charge is -2.32. The molecule has 0 heterocycles. The maximum absolute atomic E-state index is 13.9. The molecule has 3 rings (SSSR count). The van der Waals surface area contributed by atoms with E-state index in [0.29, 0.717) is 12.1 Å². The van der Waals surface area contributed by atoms with Crippen LogP contribution in [0.25, 0.3) is 10.8 Å². The molecule has 3 N–H and O–H groups in total. The number of terminal acetylenes is 1. The van der Waals surface area contributed by atoms with Crippen LogP contribution in [0.3, 0.4) is 0 Å². The topological polar surface area (TPSA) is 108 Å². The maximum Gasteiger partial charge on any atom is 0.408 e. The molecular formula is C31H35N3O5. The first-order chi connectivity index (χ1) is 18.4. The number of nitrogens with one attached hydrogen (secondary N) is 2. The maximum atomic E-state index is 13.9. The molecule has 0 spiro atoms. The number of benzene rings is 3. The summed E-state index contributed by atoms with van der Waals surface area (Å²) >= 11 is 0. The second-order valence-corrected chi connectivity index (χ2v) is 10.4. The van der Waals surface area contributed by atoms with E-state index in [9.17, 15) is 19.5 Å². The van der Waals surface area contributed by atoms with Gasteiger partial charge in [-0.2, -0.15) is 0 Å². The van der Waals surface area contributed by atoms with Crippen LogP contribution in [0.4, 0.5) is 10.5 Å². The molecule has 0 aliphatic heterocycles. The Morgan fingerprint density at radius 1 is 1.03 bits per heavy atom. The van der Waals surface area contributed by atoms with Crippen LogP contribution in [0.5, 0.6) is 5.75 Å². The van der Waals surface area contributed by atoms with Gasteiger partial charge in [-0.1, -0.05) is 75.2 Å². The lowest BCUT2D eigenvalue weighted by molar-refractivity contribution is -0.137. The highest BCUT2D eigenvalue weighted by Crippen LogP contribution is 2.31. The van der Waals surface area contributed by atoms with Gasteiger partial charge in [-0.25, -0.2) is 4.79 Å². The number of ether oxygens (including phenoxy) is 1. The average Bonchev–Trinajstić information content (AvgIpc) is 2.89. The normalized spacial score (nSPS) is 13.4. The first kappa shape index (κ1) is 29.1. The van der Waals surface area contributed by atoms with Crippen molar-refractivity contribution >= 4 is 34.4 Å². The second-order valence-electron chi connectivity index (χ2n) is 10.4. The molecular weight excluding hydrogens is 494 g/mol. The number of amides is 3. The van der Waals surface area contributed by atoms with Gasteiger partial charge in [-0.3, -0.25) is 14.5 Å². The van der Waals surface area contributed by atoms with Crippen LogP contribution >= 0.6 is 0 Å². The van der Waals surface area contributed by atoms with E-state index < -0.39 is 35.6 Å². The van der Waals surface area contributed by atoms with E-state index in [4.69, 9.17) is 11.2 Å². The number of fused-ring (bicyclic) bond motifs is 1. The minimum Gasteiger partial charge on any atom is -0.508 e. The molecule has 39 heavy (non-hydrogen) atoms. The van der Waals surface area contributed by atoms with Crippen molar-refractivity contribution in [3.8, 4) is 18.2 Å². The average molecular weight is 530 g/mol. The van der Waals surface area contributed by atoms with E-state index >= 15 is 0 Å². The molecule has 204 valence electrons. The predicted octanol–water partition coefficient (Wildman–Crippen LogP) is 5.58. The summed E-state index contributed by atoms with van der Waals surface area (Å²) in [6, 6.07) is 19.1. The van der Waals surface area contributed by atoms with Gasteiger partial charge in [0, 0.05) is 17.3 Å². The molecule has 3 amide bonds. The Morgan fingerprint density at radius 2 is 1.67 bits per heavy atom. The molecule has 3 aromatic carbocycles. The zero-order chi connectivity index (χ0) is 28.7. The zero-order valence-corrected chi connectivity index (χ0v) is 22.9. The summed E-state index contributed by atoms with van der Waals surface area (Å²) in [5.74, 6) is -1.85. The number of anilines is 1. The van der Waals surface area contributed by atoms with Gasteiger partial charge in [-0.05, 0) is 55.7 Å². The van der Waals surface area contributed by atoms with Crippen molar-refractivity contribution in [2.45, 2.75) is 58.7 Å². The van der Waals surface area contributed by atoms with E-state index in [1.54, 1.807) is 45.9 Å². The number of phenols is 1. The van der Waals surface area contributed by atoms with Crippen molar-refractivity contribution in [1.82, 2.24) is 10.2 Å². The summed E-state index contributed by atoms with van der Waals surface area (Å²) in [4.78, 5) is 41.2. The minimum absolute atomic E-state index is 0.141. The molecule has 3 unspecified atom stereocenters. The monoisotopic (exact) mass is 529 g/mol. The Kier molecular flexibility index (Phi) is 9.20. The van der Waals surface area contributed by atoms with Crippen LogP contribution in [-0.2, 0) is 14.3 Å². The highest BCUT2D eigenvalue weighted by molar-refractivity contribution is 6.01. The number of aromatic hydroxyl groups is 1. The van der Waals surface area contributed by atoms with E-state index in [0.717, 1.165) is 15.7 Å². The summed E-state index contributed by atoms with van der Waals surface area (Å²) in [7, 11) is 0. The summed E-state index contributed by atoms with van der Waals surface area (Å²) in [5, 5.41) is 18.0. The Balaban J connectivity index is 2.00. The number of phenolic OH excluding ortho intramolecular Hbond substituents is 1. The van der Waals surface area contributed by atoms with Crippen LogP contribution in [0.15, 0.2) is 66.7 Å². The first-order valence-corrected chi connectivity index (χ1v) is 12.8. The van der Waals surface area contributed by atoms with Crippen molar-refractivity contribution < 1.29 is 24.2 Å². The van der Waals surface area contributed by atoms with E-state index in [1.165, 1.54) is 12.1 Å². The van der Waals surface area contributed by atoms with Crippen LogP contribution in [0, 0.1) is 18.4 Å². The SMILES string of the molecule is C#CN(C(=O)C(NC(=O)OC(C)(C)C)C(C)CC)C(C(=O)Nc1ccc2ccccc2c1)c1ccccc1O. The molecule has 0 fully saturated rings. The van der Waals surface area contributed by atoms with Gasteiger partial charge in [0.1, 0.15) is 17.4 Å². The second kappa shape index (κ2) is 12.4. The lowest BCUT2D eigenvalue weighted by Crippen LogP contribution is -2.53. The fourth-order valence-corrected chi connectivity index (χ4v) is 4.13. The van der Waals surface area contributed by atoms with E-state index in [-0.39, 0.29) is 17.2 Å². The molecule has 0 aliphatic rings. The predicted molar refractivity (Wildman–Crippen MR) is 152 cm³/mol. The smallest absolute Gasteiger partial charge is 0.408 e. The number of hydrogen-bond donors (Lipinski definition) is 3. The summed E-state index contributed by atoms with van der Waals surface area (Å²) in [6.07, 6.45) is 5.59. The van der Waals surface area contributed by atoms with Crippen LogP contribution in [0.2, 0.25) is 0 Å². The van der Waals surface area contributed by atoms with Gasteiger partial charge in [0.25, 0.3) is 11.8 Å². The van der Waals surface area contributed by atoms with Gasteiger partial charge in [0.15, 0.2) is 6.04 Å². The molecule has 0 bridgehead atoms. The quantitative estimate of drug-likeness (QED) is 0.261. The first-order valence-electron chi connectivity index (χ1n) is 12.8. The van der Waals surface area contributed by atoms with Crippen molar-refractivity contribution in [2.24, 2.45) is 5.92 Å². The number of rotatable bonds is 8. The number of carbonyl (C=O) groups excluding carboxylic acids is 3. The zero-order valence-electron chi connectivity index (χ0n) is 22.9. The van der Waals surface area contributed by atoms with Crippen molar-refractivity contribution in [2.75, 3.05) is 5.32 Å². The summed E-state index contributed by atoms with van der Waals surface area (Å²) in [6.45, 7) is 8.80. The van der Waals surface area contributed by atoms with Gasteiger partial charge < -0.3 is 20.5 Å². The molecule has 3 aromatic rings. The minimum atomic E-state index is -1.39. The van der Waals surface area contributed by atoms with E-state index in [2.05, 4.69) is 16.7 Å². The fraction of sp³-hybridized carbons (Fsp3) is 0.323. The van der Waals surface area contributed by atoms with E-state index in [1.807, 2.05) is 43.3 Å². The molecule has 8 heteroatoms. The Bertz CT molecular complexity index is 1390. The van der Waals surface area contributed by atoms with Gasteiger partial charge in [-0.15, -0.1) is 0 Å². The standard InChI is InChI=1S/C31H35N3O5/c1-7-20(3)26(33-30(38)39-31(4,5)6)29(37)34(8-2)27(24-15-11-12-16-25(24)35)28(36)32-23-18-17-21-13-9-10-14-22(21)19-23/h2,9-20,26-27,35H,7H2,1,3-6H3,(H,32,36)(H,33,38). The Morgan fingerprint density at radius 3 is 2.28 bits per heavy atom. The highest BCUT2D eigenvalue weighted by atomic mass is 16.6. The lowest BCUT2D eigenvalue weighted by atomic mass is 9.96. The van der Waals surface area contributed by atoms with Gasteiger partial charge >= 0.3 is 6.09 Å². The number of carbonyl (C=O) groups is 3. The molecule has 0 radical (unpaired) electrons. The third-order valence-corrected chi connectivity index (χ3v) is 6.28. The van der Waals surface area contributed by atoms with Crippen molar-refractivity contribution in [1.29, 1.82) is 0 Å². The molecule has 0 aromatic heterocycles. The molecule has 3 atom stereocenters.